The number of nitrogens with zero attached hydrogens (tertiary/aromatic N) is 3. The quantitative estimate of drug-likeness (QED) is 0.513. The molecule has 5 nitrogen and oxygen atoms in total. The fourth-order valence-corrected chi connectivity index (χ4v) is 3.17. The number of nitrogens with one attached hydrogen (secondary N) is 1. The van der Waals surface area contributed by atoms with Crippen molar-refractivity contribution in [2.24, 2.45) is 0 Å². The van der Waals surface area contributed by atoms with E-state index in [4.69, 9.17) is 11.6 Å². The Labute approximate surface area is 160 Å². The molecule has 0 saturated heterocycles. The SMILES string of the molecule is OC(NCc1c(F)cccc1Cl)c1cccc(-c2cnc3cnccn23)c1. The minimum absolute atomic E-state index is 0.109. The lowest BCUT2D eigenvalue weighted by Crippen LogP contribution is -2.21. The van der Waals surface area contributed by atoms with E-state index in [1.165, 1.54) is 6.07 Å². The predicted molar refractivity (Wildman–Crippen MR) is 102 cm³/mol. The largest absolute Gasteiger partial charge is 0.374 e. The van der Waals surface area contributed by atoms with Crippen LogP contribution in [-0.2, 0) is 6.54 Å². The predicted octanol–water partition coefficient (Wildman–Crippen LogP) is 3.97. The van der Waals surface area contributed by atoms with Gasteiger partial charge in [-0.25, -0.2) is 9.37 Å². The maximum Gasteiger partial charge on any atom is 0.155 e. The molecular formula is C20H16ClFN4O. The van der Waals surface area contributed by atoms with Crippen LogP contribution < -0.4 is 5.32 Å². The first-order chi connectivity index (χ1) is 13.1. The summed E-state index contributed by atoms with van der Waals surface area (Å²) < 4.78 is 15.8. The van der Waals surface area contributed by atoms with Gasteiger partial charge in [0.15, 0.2) is 5.65 Å². The fourth-order valence-electron chi connectivity index (χ4n) is 2.94. The number of halogens is 2. The van der Waals surface area contributed by atoms with Crippen molar-refractivity contribution in [3.05, 3.63) is 89.2 Å². The molecule has 0 aliphatic carbocycles. The number of benzene rings is 2. The Morgan fingerprint density at radius 1 is 1.19 bits per heavy atom. The lowest BCUT2D eigenvalue weighted by atomic mass is 10.1. The second-order valence-electron chi connectivity index (χ2n) is 6.06. The first kappa shape index (κ1) is 17.6. The van der Waals surface area contributed by atoms with E-state index in [1.54, 1.807) is 36.8 Å². The van der Waals surface area contributed by atoms with Crippen molar-refractivity contribution < 1.29 is 9.50 Å². The highest BCUT2D eigenvalue weighted by atomic mass is 35.5. The smallest absolute Gasteiger partial charge is 0.155 e. The topological polar surface area (TPSA) is 62.5 Å². The van der Waals surface area contributed by atoms with Crippen molar-refractivity contribution >= 4 is 17.2 Å². The molecule has 2 N–H and O–H groups in total. The Balaban J connectivity index is 1.57. The van der Waals surface area contributed by atoms with Crippen LogP contribution in [-0.4, -0.2) is 19.5 Å². The summed E-state index contributed by atoms with van der Waals surface area (Å²) in [5.41, 5.74) is 3.51. The zero-order valence-corrected chi connectivity index (χ0v) is 14.9. The van der Waals surface area contributed by atoms with Gasteiger partial charge < -0.3 is 5.11 Å². The van der Waals surface area contributed by atoms with Crippen LogP contribution >= 0.6 is 11.6 Å². The van der Waals surface area contributed by atoms with E-state index in [0.717, 1.165) is 16.9 Å². The molecule has 136 valence electrons. The van der Waals surface area contributed by atoms with Crippen LogP contribution in [0.3, 0.4) is 0 Å². The van der Waals surface area contributed by atoms with Gasteiger partial charge in [0, 0.05) is 35.1 Å². The van der Waals surface area contributed by atoms with E-state index in [0.29, 0.717) is 16.1 Å². The third kappa shape index (κ3) is 3.55. The molecule has 2 heterocycles. The molecule has 0 spiro atoms. The second kappa shape index (κ2) is 7.44. The molecule has 0 aliphatic heterocycles. The zero-order valence-electron chi connectivity index (χ0n) is 14.2. The molecule has 4 rings (SSSR count). The summed E-state index contributed by atoms with van der Waals surface area (Å²) in [5, 5.41) is 13.7. The van der Waals surface area contributed by atoms with Crippen molar-refractivity contribution in [3.63, 3.8) is 0 Å². The van der Waals surface area contributed by atoms with Crippen LogP contribution in [0.15, 0.2) is 67.3 Å². The van der Waals surface area contributed by atoms with Gasteiger partial charge in [-0.05, 0) is 23.8 Å². The first-order valence-electron chi connectivity index (χ1n) is 8.35. The number of aliphatic hydroxyl groups excluding tert-OH is 1. The number of hydrogen-bond acceptors (Lipinski definition) is 4. The molecule has 4 aromatic rings. The highest BCUT2D eigenvalue weighted by Gasteiger charge is 2.13. The number of fused-ring (bicyclic) bond motifs is 1. The standard InChI is InChI=1S/C20H16ClFN4O/c21-16-5-2-6-17(22)15(16)10-25-20(27)14-4-1-3-13(9-14)18-11-24-19-12-23-7-8-26(18)19/h1-9,11-12,20,25,27H,10H2. The Hall–Kier alpha value is -2.80. The van der Waals surface area contributed by atoms with Crippen molar-refractivity contribution in [2.75, 3.05) is 0 Å². The Morgan fingerprint density at radius 2 is 2.04 bits per heavy atom. The van der Waals surface area contributed by atoms with Crippen LogP contribution in [0.4, 0.5) is 4.39 Å². The highest BCUT2D eigenvalue weighted by molar-refractivity contribution is 6.31. The molecule has 1 atom stereocenters. The van der Waals surface area contributed by atoms with Gasteiger partial charge in [-0.2, -0.15) is 0 Å². The maximum absolute atomic E-state index is 13.9. The Morgan fingerprint density at radius 3 is 2.89 bits per heavy atom. The van der Waals surface area contributed by atoms with Gasteiger partial charge in [0.25, 0.3) is 0 Å². The molecule has 0 bridgehead atoms. The average Bonchev–Trinajstić information content (AvgIpc) is 3.12. The maximum atomic E-state index is 13.9. The van der Waals surface area contributed by atoms with Gasteiger partial charge >= 0.3 is 0 Å². The minimum Gasteiger partial charge on any atom is -0.374 e. The third-order valence-electron chi connectivity index (χ3n) is 4.35. The molecule has 0 fully saturated rings. The molecule has 7 heteroatoms. The van der Waals surface area contributed by atoms with Gasteiger partial charge in [-0.1, -0.05) is 35.9 Å². The van der Waals surface area contributed by atoms with Gasteiger partial charge in [0.05, 0.1) is 18.1 Å². The van der Waals surface area contributed by atoms with Gasteiger partial charge in [-0.3, -0.25) is 14.7 Å². The Kier molecular flexibility index (Phi) is 4.85. The number of imidazole rings is 1. The molecule has 0 aliphatic rings. The van der Waals surface area contributed by atoms with Crippen molar-refractivity contribution in [2.45, 2.75) is 12.8 Å². The average molecular weight is 383 g/mol. The van der Waals surface area contributed by atoms with Crippen LogP contribution in [0.1, 0.15) is 17.4 Å². The molecule has 0 radical (unpaired) electrons. The van der Waals surface area contributed by atoms with E-state index >= 15 is 0 Å². The summed E-state index contributed by atoms with van der Waals surface area (Å²) in [6, 6.07) is 12.0. The monoisotopic (exact) mass is 382 g/mol. The molecule has 0 saturated carbocycles. The lowest BCUT2D eigenvalue weighted by Gasteiger charge is -2.15. The number of aliphatic hydroxyl groups is 1. The lowest BCUT2D eigenvalue weighted by molar-refractivity contribution is 0.137. The number of rotatable bonds is 5. The highest BCUT2D eigenvalue weighted by Crippen LogP contribution is 2.24. The van der Waals surface area contributed by atoms with Gasteiger partial charge in [0.1, 0.15) is 12.0 Å². The zero-order chi connectivity index (χ0) is 18.8. The summed E-state index contributed by atoms with van der Waals surface area (Å²) in [5.74, 6) is -0.407. The normalized spacial score (nSPS) is 12.4. The number of hydrogen-bond donors (Lipinski definition) is 2. The summed E-state index contributed by atoms with van der Waals surface area (Å²) in [6.45, 7) is 0.109. The van der Waals surface area contributed by atoms with Crippen LogP contribution in [0.5, 0.6) is 0 Å². The van der Waals surface area contributed by atoms with E-state index in [-0.39, 0.29) is 6.54 Å². The molecular weight excluding hydrogens is 367 g/mol. The molecule has 2 aromatic carbocycles. The van der Waals surface area contributed by atoms with E-state index in [9.17, 15) is 9.50 Å². The molecule has 27 heavy (non-hydrogen) atoms. The van der Waals surface area contributed by atoms with E-state index in [1.807, 2.05) is 28.8 Å². The molecule has 0 amide bonds. The first-order valence-corrected chi connectivity index (χ1v) is 8.73. The summed E-state index contributed by atoms with van der Waals surface area (Å²) >= 11 is 6.03. The minimum atomic E-state index is -0.971. The van der Waals surface area contributed by atoms with Crippen LogP contribution in [0.2, 0.25) is 5.02 Å². The van der Waals surface area contributed by atoms with E-state index in [2.05, 4.69) is 15.3 Å². The van der Waals surface area contributed by atoms with Crippen molar-refractivity contribution in [1.29, 1.82) is 0 Å². The van der Waals surface area contributed by atoms with Crippen LogP contribution in [0, 0.1) is 5.82 Å². The number of aromatic nitrogens is 3. The van der Waals surface area contributed by atoms with Gasteiger partial charge in [-0.15, -0.1) is 0 Å². The summed E-state index contributed by atoms with van der Waals surface area (Å²) in [4.78, 5) is 8.39. The van der Waals surface area contributed by atoms with Crippen molar-refractivity contribution in [3.8, 4) is 11.3 Å². The summed E-state index contributed by atoms with van der Waals surface area (Å²) in [7, 11) is 0. The summed E-state index contributed by atoms with van der Waals surface area (Å²) in [6.07, 6.45) is 5.99. The fraction of sp³-hybridized carbons (Fsp3) is 0.100. The second-order valence-corrected chi connectivity index (χ2v) is 6.46. The third-order valence-corrected chi connectivity index (χ3v) is 4.70. The van der Waals surface area contributed by atoms with E-state index < -0.39 is 12.0 Å². The molecule has 2 aromatic heterocycles. The van der Waals surface area contributed by atoms with Gasteiger partial charge in [0.2, 0.25) is 0 Å². The molecule has 1 unspecified atom stereocenters. The van der Waals surface area contributed by atoms with Crippen LogP contribution in [0.25, 0.3) is 16.9 Å². The Bertz CT molecular complexity index is 1080. The van der Waals surface area contributed by atoms with Crippen molar-refractivity contribution in [1.82, 2.24) is 19.7 Å².